The van der Waals surface area contributed by atoms with Gasteiger partial charge >= 0.3 is 0 Å². The molecule has 1 atom stereocenters. The lowest BCUT2D eigenvalue weighted by Gasteiger charge is -2.21. The number of halogens is 2. The van der Waals surface area contributed by atoms with Gasteiger partial charge in [0, 0.05) is 12.3 Å². The lowest BCUT2D eigenvalue weighted by Crippen LogP contribution is -2.29. The summed E-state index contributed by atoms with van der Waals surface area (Å²) >= 11 is 5.83. The molecule has 1 heterocycles. The molecule has 1 unspecified atom stereocenters. The molecule has 0 bridgehead atoms. The number of hydrogen-bond donors (Lipinski definition) is 0. The van der Waals surface area contributed by atoms with Crippen molar-refractivity contribution in [2.75, 3.05) is 13.2 Å². The van der Waals surface area contributed by atoms with Crippen LogP contribution in [0, 0.1) is 11.7 Å². The first-order valence-corrected chi connectivity index (χ1v) is 5.59. The topological polar surface area (TPSA) is 26.3 Å². The van der Waals surface area contributed by atoms with E-state index in [9.17, 15) is 9.18 Å². The zero-order valence-corrected chi connectivity index (χ0v) is 9.47. The zero-order chi connectivity index (χ0) is 11.5. The lowest BCUT2D eigenvalue weighted by molar-refractivity contribution is -0.130. The largest absolute Gasteiger partial charge is 0.380 e. The zero-order valence-electron chi connectivity index (χ0n) is 8.71. The number of carbonyl (C=O) groups is 1. The van der Waals surface area contributed by atoms with E-state index in [0.717, 1.165) is 0 Å². The molecule has 0 aliphatic carbocycles. The summed E-state index contributed by atoms with van der Waals surface area (Å²) in [5.74, 6) is -0.456. The molecule has 0 saturated carbocycles. The average Bonchev–Trinajstić information content (AvgIpc) is 2.28. The molecule has 1 aromatic carbocycles. The van der Waals surface area contributed by atoms with Gasteiger partial charge in [0.05, 0.1) is 18.2 Å². The second kappa shape index (κ2) is 4.93. The third-order valence-electron chi connectivity index (χ3n) is 2.77. The van der Waals surface area contributed by atoms with Crippen LogP contribution in [-0.4, -0.2) is 19.0 Å². The second-order valence-corrected chi connectivity index (χ2v) is 4.28. The van der Waals surface area contributed by atoms with Gasteiger partial charge in [-0.1, -0.05) is 23.7 Å². The number of ketones is 1. The van der Waals surface area contributed by atoms with Crippen LogP contribution in [-0.2, 0) is 16.0 Å². The van der Waals surface area contributed by atoms with Crippen LogP contribution in [0.25, 0.3) is 0 Å². The summed E-state index contributed by atoms with van der Waals surface area (Å²) in [6.07, 6.45) is 0.896. The molecule has 0 radical (unpaired) electrons. The quantitative estimate of drug-likeness (QED) is 0.797. The fourth-order valence-corrected chi connectivity index (χ4v) is 2.04. The van der Waals surface area contributed by atoms with E-state index in [4.69, 9.17) is 16.3 Å². The fraction of sp³-hybridized carbons (Fsp3) is 0.417. The molecule has 1 fully saturated rings. The monoisotopic (exact) mass is 242 g/mol. The Kier molecular flexibility index (Phi) is 3.56. The Hall–Kier alpha value is -0.930. The van der Waals surface area contributed by atoms with Gasteiger partial charge in [0.25, 0.3) is 0 Å². The SMILES string of the molecule is O=C1CCOCC1Cc1cccc(F)c1Cl. The molecule has 86 valence electrons. The highest BCUT2D eigenvalue weighted by Gasteiger charge is 2.24. The third kappa shape index (κ3) is 2.42. The Balaban J connectivity index is 2.14. The molecule has 4 heteroatoms. The Morgan fingerprint density at radius 2 is 2.31 bits per heavy atom. The van der Waals surface area contributed by atoms with E-state index in [2.05, 4.69) is 0 Å². The maximum absolute atomic E-state index is 13.2. The fourth-order valence-electron chi connectivity index (χ4n) is 1.84. The van der Waals surface area contributed by atoms with E-state index in [1.165, 1.54) is 6.07 Å². The summed E-state index contributed by atoms with van der Waals surface area (Å²) in [6, 6.07) is 4.66. The van der Waals surface area contributed by atoms with Gasteiger partial charge in [-0.15, -0.1) is 0 Å². The van der Waals surface area contributed by atoms with E-state index in [1.54, 1.807) is 12.1 Å². The van der Waals surface area contributed by atoms with Gasteiger partial charge in [0.2, 0.25) is 0 Å². The summed E-state index contributed by atoms with van der Waals surface area (Å²) in [6.45, 7) is 0.901. The van der Waals surface area contributed by atoms with Crippen LogP contribution in [0.2, 0.25) is 5.02 Å². The van der Waals surface area contributed by atoms with Gasteiger partial charge in [-0.05, 0) is 18.1 Å². The van der Waals surface area contributed by atoms with Crippen molar-refractivity contribution in [3.05, 3.63) is 34.6 Å². The van der Waals surface area contributed by atoms with Crippen LogP contribution >= 0.6 is 11.6 Å². The molecule has 2 nitrogen and oxygen atoms in total. The number of carbonyl (C=O) groups excluding carboxylic acids is 1. The number of Topliss-reactive ketones (excluding diaryl/α,β-unsaturated/α-hetero) is 1. The van der Waals surface area contributed by atoms with Crippen molar-refractivity contribution in [2.45, 2.75) is 12.8 Å². The van der Waals surface area contributed by atoms with E-state index in [-0.39, 0.29) is 16.7 Å². The van der Waals surface area contributed by atoms with Gasteiger partial charge < -0.3 is 4.74 Å². The van der Waals surface area contributed by atoms with Crippen molar-refractivity contribution in [1.82, 2.24) is 0 Å². The molecular weight excluding hydrogens is 231 g/mol. The Morgan fingerprint density at radius 3 is 3.06 bits per heavy atom. The van der Waals surface area contributed by atoms with Gasteiger partial charge in [-0.25, -0.2) is 4.39 Å². The highest BCUT2D eigenvalue weighted by Crippen LogP contribution is 2.24. The van der Waals surface area contributed by atoms with Crippen molar-refractivity contribution >= 4 is 17.4 Å². The molecular formula is C12H12ClFO2. The highest BCUT2D eigenvalue weighted by atomic mass is 35.5. The number of hydrogen-bond acceptors (Lipinski definition) is 2. The van der Waals surface area contributed by atoms with Crippen LogP contribution in [0.3, 0.4) is 0 Å². The molecule has 0 amide bonds. The molecule has 0 spiro atoms. The van der Waals surface area contributed by atoms with Crippen molar-refractivity contribution < 1.29 is 13.9 Å². The van der Waals surface area contributed by atoms with Crippen molar-refractivity contribution in [3.8, 4) is 0 Å². The number of benzene rings is 1. The molecule has 16 heavy (non-hydrogen) atoms. The van der Waals surface area contributed by atoms with E-state index >= 15 is 0 Å². The van der Waals surface area contributed by atoms with Crippen molar-refractivity contribution in [2.24, 2.45) is 5.92 Å². The van der Waals surface area contributed by atoms with Crippen molar-refractivity contribution in [1.29, 1.82) is 0 Å². The van der Waals surface area contributed by atoms with Gasteiger partial charge in [0.15, 0.2) is 0 Å². The van der Waals surface area contributed by atoms with Crippen LogP contribution < -0.4 is 0 Å². The summed E-state index contributed by atoms with van der Waals surface area (Å²) in [7, 11) is 0. The Labute approximate surface area is 98.4 Å². The average molecular weight is 243 g/mol. The maximum atomic E-state index is 13.2. The Bertz CT molecular complexity index is 406. The molecule has 0 aromatic heterocycles. The van der Waals surface area contributed by atoms with Crippen molar-refractivity contribution in [3.63, 3.8) is 0 Å². The first-order chi connectivity index (χ1) is 7.68. The Morgan fingerprint density at radius 1 is 1.50 bits per heavy atom. The minimum Gasteiger partial charge on any atom is -0.380 e. The predicted octanol–water partition coefficient (Wildman–Crippen LogP) is 2.63. The first kappa shape index (κ1) is 11.6. The summed E-state index contributed by atoms with van der Waals surface area (Å²) < 4.78 is 18.4. The lowest BCUT2D eigenvalue weighted by atomic mass is 9.93. The summed E-state index contributed by atoms with van der Waals surface area (Å²) in [4.78, 5) is 11.6. The van der Waals surface area contributed by atoms with Crippen LogP contribution in [0.1, 0.15) is 12.0 Å². The summed E-state index contributed by atoms with van der Waals surface area (Å²) in [5.41, 5.74) is 0.672. The van der Waals surface area contributed by atoms with Crippen LogP contribution in [0.5, 0.6) is 0 Å². The van der Waals surface area contributed by atoms with Crippen LogP contribution in [0.4, 0.5) is 4.39 Å². The molecule has 1 aliphatic rings. The number of rotatable bonds is 2. The van der Waals surface area contributed by atoms with Gasteiger partial charge in [-0.2, -0.15) is 0 Å². The predicted molar refractivity (Wildman–Crippen MR) is 59.0 cm³/mol. The standard InChI is InChI=1S/C12H12ClFO2/c13-12-8(2-1-3-10(12)14)6-9-7-16-5-4-11(9)15/h1-3,9H,4-7H2. The molecule has 1 aromatic rings. The molecule has 1 saturated heterocycles. The molecule has 2 rings (SSSR count). The molecule has 0 N–H and O–H groups in total. The van der Waals surface area contributed by atoms with Gasteiger partial charge in [0.1, 0.15) is 11.6 Å². The maximum Gasteiger partial charge on any atom is 0.142 e. The minimum absolute atomic E-state index is 0.112. The normalized spacial score (nSPS) is 21.1. The minimum atomic E-state index is -0.441. The first-order valence-electron chi connectivity index (χ1n) is 5.22. The second-order valence-electron chi connectivity index (χ2n) is 3.91. The van der Waals surface area contributed by atoms with E-state index in [0.29, 0.717) is 31.6 Å². The van der Waals surface area contributed by atoms with E-state index < -0.39 is 5.82 Å². The summed E-state index contributed by atoms with van der Waals surface area (Å²) in [5, 5.41) is 0.112. The third-order valence-corrected chi connectivity index (χ3v) is 3.19. The van der Waals surface area contributed by atoms with Crippen LogP contribution in [0.15, 0.2) is 18.2 Å². The molecule has 1 aliphatic heterocycles. The smallest absolute Gasteiger partial charge is 0.142 e. The van der Waals surface area contributed by atoms with E-state index in [1.807, 2.05) is 0 Å². The number of ether oxygens (including phenoxy) is 1. The van der Waals surface area contributed by atoms with Gasteiger partial charge in [-0.3, -0.25) is 4.79 Å². The highest BCUT2D eigenvalue weighted by molar-refractivity contribution is 6.31.